The van der Waals surface area contributed by atoms with Gasteiger partial charge >= 0.3 is 0 Å². The largest absolute Gasteiger partial charge is 0.352 e. The number of benzene rings is 1. The molecule has 0 aliphatic heterocycles. The maximum Gasteiger partial charge on any atom is 0.243 e. The molecule has 0 spiro atoms. The van der Waals surface area contributed by atoms with E-state index in [9.17, 15) is 4.79 Å². The molecule has 0 saturated carbocycles. The maximum absolute atomic E-state index is 11.4. The van der Waals surface area contributed by atoms with Gasteiger partial charge in [-0.3, -0.25) is 4.79 Å². The van der Waals surface area contributed by atoms with Crippen LogP contribution >= 0.6 is 0 Å². The van der Waals surface area contributed by atoms with E-state index in [1.165, 1.54) is 5.56 Å². The van der Waals surface area contributed by atoms with Crippen molar-refractivity contribution in [3.05, 3.63) is 84.5 Å². The minimum Gasteiger partial charge on any atom is -0.352 e. The van der Waals surface area contributed by atoms with Crippen molar-refractivity contribution in [1.82, 2.24) is 5.32 Å². The molecule has 0 aliphatic rings. The summed E-state index contributed by atoms with van der Waals surface area (Å²) in [6.07, 6.45) is 20.1. The Morgan fingerprint density at radius 3 is 2.36 bits per heavy atom. The first-order valence-electron chi connectivity index (χ1n) is 9.15. The van der Waals surface area contributed by atoms with Crippen molar-refractivity contribution < 1.29 is 4.79 Å². The van der Waals surface area contributed by atoms with Gasteiger partial charge < -0.3 is 5.32 Å². The average Bonchev–Trinajstić information content (AvgIpc) is 2.61. The van der Waals surface area contributed by atoms with Crippen LogP contribution in [0.25, 0.3) is 0 Å². The normalized spacial score (nSPS) is 12.3. The highest BCUT2D eigenvalue weighted by Gasteiger charge is 1.95. The highest BCUT2D eigenvalue weighted by Crippen LogP contribution is 2.03. The third-order valence-corrected chi connectivity index (χ3v) is 3.51. The Balaban J connectivity index is 2.05. The first-order chi connectivity index (χ1) is 12.2. The van der Waals surface area contributed by atoms with Gasteiger partial charge in [-0.1, -0.05) is 86.7 Å². The summed E-state index contributed by atoms with van der Waals surface area (Å²) in [5, 5.41) is 2.84. The first kappa shape index (κ1) is 20.7. The standard InChI is InChI=1S/C23H31NO/c1-21(2)20-24-23(25)19-15-10-8-6-4-3-5-7-9-12-16-22-17-13-11-14-18-22/h4,6-11,13-15,17-19,21H,3,5,12,16,20H2,1-2H3,(H,24,25). The SMILES string of the molecule is CC(C)CNC(=O)C=CC=CC=CCCC=CCCc1ccccc1. The average molecular weight is 338 g/mol. The second-order valence-corrected chi connectivity index (χ2v) is 6.38. The summed E-state index contributed by atoms with van der Waals surface area (Å²) in [6, 6.07) is 10.6. The van der Waals surface area contributed by atoms with Crippen molar-refractivity contribution in [3.63, 3.8) is 0 Å². The topological polar surface area (TPSA) is 29.1 Å². The van der Waals surface area contributed by atoms with Crippen molar-refractivity contribution in [3.8, 4) is 0 Å². The molecule has 25 heavy (non-hydrogen) atoms. The number of amides is 1. The summed E-state index contributed by atoms with van der Waals surface area (Å²) in [7, 11) is 0. The summed E-state index contributed by atoms with van der Waals surface area (Å²) in [4.78, 5) is 11.4. The molecule has 1 N–H and O–H groups in total. The monoisotopic (exact) mass is 337 g/mol. The van der Waals surface area contributed by atoms with Crippen molar-refractivity contribution in [2.45, 2.75) is 39.5 Å². The molecule has 0 radical (unpaired) electrons. The minimum absolute atomic E-state index is 0.0389. The second-order valence-electron chi connectivity index (χ2n) is 6.38. The molecule has 1 aromatic rings. The molecule has 0 aromatic heterocycles. The lowest BCUT2D eigenvalue weighted by molar-refractivity contribution is -0.116. The van der Waals surface area contributed by atoms with E-state index in [2.05, 4.69) is 67.7 Å². The molecular formula is C23H31NO. The predicted molar refractivity (Wildman–Crippen MR) is 108 cm³/mol. The van der Waals surface area contributed by atoms with Crippen LogP contribution in [0.2, 0.25) is 0 Å². The van der Waals surface area contributed by atoms with E-state index in [0.717, 1.165) is 25.7 Å². The minimum atomic E-state index is -0.0389. The van der Waals surface area contributed by atoms with E-state index in [1.807, 2.05) is 18.2 Å². The van der Waals surface area contributed by atoms with Gasteiger partial charge in [0.05, 0.1) is 0 Å². The Hall–Kier alpha value is -2.35. The van der Waals surface area contributed by atoms with E-state index in [1.54, 1.807) is 12.2 Å². The van der Waals surface area contributed by atoms with Crippen LogP contribution in [0.4, 0.5) is 0 Å². The first-order valence-corrected chi connectivity index (χ1v) is 9.15. The molecule has 1 rings (SSSR count). The molecule has 1 aromatic carbocycles. The Kier molecular flexibility index (Phi) is 11.6. The van der Waals surface area contributed by atoms with E-state index < -0.39 is 0 Å². The van der Waals surface area contributed by atoms with Crippen molar-refractivity contribution in [1.29, 1.82) is 0 Å². The summed E-state index contributed by atoms with van der Waals surface area (Å²) < 4.78 is 0. The number of carbonyl (C=O) groups excluding carboxylic acids is 1. The van der Waals surface area contributed by atoms with Crippen LogP contribution in [0.15, 0.2) is 78.9 Å². The fraction of sp³-hybridized carbons (Fsp3) is 0.348. The molecule has 0 aliphatic carbocycles. The summed E-state index contributed by atoms with van der Waals surface area (Å²) >= 11 is 0. The lowest BCUT2D eigenvalue weighted by Gasteiger charge is -2.03. The second kappa shape index (κ2) is 14.0. The lowest BCUT2D eigenvalue weighted by atomic mass is 10.1. The molecule has 0 saturated heterocycles. The summed E-state index contributed by atoms with van der Waals surface area (Å²) in [5.74, 6) is 0.436. The number of unbranched alkanes of at least 4 members (excludes halogenated alkanes) is 1. The van der Waals surface area contributed by atoms with Crippen LogP contribution in [-0.4, -0.2) is 12.5 Å². The van der Waals surface area contributed by atoms with Gasteiger partial charge in [-0.2, -0.15) is 0 Å². The van der Waals surface area contributed by atoms with Gasteiger partial charge in [-0.15, -0.1) is 0 Å². The molecule has 0 unspecified atom stereocenters. The third-order valence-electron chi connectivity index (χ3n) is 3.51. The fourth-order valence-corrected chi connectivity index (χ4v) is 2.13. The smallest absolute Gasteiger partial charge is 0.243 e. The van der Waals surface area contributed by atoms with Crippen LogP contribution in [-0.2, 0) is 11.2 Å². The number of nitrogens with one attached hydrogen (secondary N) is 1. The van der Waals surface area contributed by atoms with Crippen LogP contribution in [0, 0.1) is 5.92 Å². The number of aryl methyl sites for hydroxylation is 1. The van der Waals surface area contributed by atoms with Crippen molar-refractivity contribution >= 4 is 5.91 Å². The summed E-state index contributed by atoms with van der Waals surface area (Å²) in [5.41, 5.74) is 1.39. The Morgan fingerprint density at radius 2 is 1.60 bits per heavy atom. The Bertz CT molecular complexity index is 579. The molecule has 2 heteroatoms. The van der Waals surface area contributed by atoms with Gasteiger partial charge in [0.2, 0.25) is 5.91 Å². The highest BCUT2D eigenvalue weighted by molar-refractivity contribution is 5.87. The number of carbonyl (C=O) groups is 1. The van der Waals surface area contributed by atoms with E-state index in [0.29, 0.717) is 12.5 Å². The summed E-state index contributed by atoms with van der Waals surface area (Å²) in [6.45, 7) is 4.87. The molecule has 0 bridgehead atoms. The quantitative estimate of drug-likeness (QED) is 0.249. The molecule has 0 atom stereocenters. The van der Waals surface area contributed by atoms with Gasteiger partial charge in [0.15, 0.2) is 0 Å². The molecule has 0 fully saturated rings. The fourth-order valence-electron chi connectivity index (χ4n) is 2.13. The zero-order valence-electron chi connectivity index (χ0n) is 15.5. The number of hydrogen-bond donors (Lipinski definition) is 1. The highest BCUT2D eigenvalue weighted by atomic mass is 16.1. The van der Waals surface area contributed by atoms with Crippen molar-refractivity contribution in [2.24, 2.45) is 5.92 Å². The van der Waals surface area contributed by atoms with Crippen molar-refractivity contribution in [2.75, 3.05) is 6.54 Å². The van der Waals surface area contributed by atoms with E-state index in [4.69, 9.17) is 0 Å². The molecule has 134 valence electrons. The molecular weight excluding hydrogens is 306 g/mol. The molecule has 0 heterocycles. The van der Waals surface area contributed by atoms with Gasteiger partial charge in [0.25, 0.3) is 0 Å². The van der Waals surface area contributed by atoms with Crippen LogP contribution in [0.1, 0.15) is 38.7 Å². The van der Waals surface area contributed by atoms with Crippen LogP contribution < -0.4 is 5.32 Å². The van der Waals surface area contributed by atoms with Gasteiger partial charge in [-0.25, -0.2) is 0 Å². The lowest BCUT2D eigenvalue weighted by Crippen LogP contribution is -2.25. The van der Waals surface area contributed by atoms with Gasteiger partial charge in [-0.05, 0) is 37.2 Å². The number of rotatable bonds is 11. The van der Waals surface area contributed by atoms with E-state index >= 15 is 0 Å². The third kappa shape index (κ3) is 12.7. The zero-order chi connectivity index (χ0) is 18.2. The Morgan fingerprint density at radius 1 is 0.920 bits per heavy atom. The molecule has 2 nitrogen and oxygen atoms in total. The van der Waals surface area contributed by atoms with Crippen LogP contribution in [0.3, 0.4) is 0 Å². The maximum atomic E-state index is 11.4. The van der Waals surface area contributed by atoms with Crippen LogP contribution in [0.5, 0.6) is 0 Å². The zero-order valence-corrected chi connectivity index (χ0v) is 15.5. The number of hydrogen-bond acceptors (Lipinski definition) is 1. The predicted octanol–water partition coefficient (Wildman–Crippen LogP) is 5.40. The molecule has 1 amide bonds. The van der Waals surface area contributed by atoms with Gasteiger partial charge in [0, 0.05) is 12.6 Å². The van der Waals surface area contributed by atoms with Gasteiger partial charge in [0.1, 0.15) is 0 Å². The Labute approximate surface area is 153 Å². The number of allylic oxidation sites excluding steroid dienone is 7. The van der Waals surface area contributed by atoms with E-state index in [-0.39, 0.29) is 5.91 Å².